The lowest BCUT2D eigenvalue weighted by Gasteiger charge is -2.12. The van der Waals surface area contributed by atoms with Gasteiger partial charge in [-0.2, -0.15) is 0 Å². The summed E-state index contributed by atoms with van der Waals surface area (Å²) >= 11 is 0. The van der Waals surface area contributed by atoms with Gasteiger partial charge in [0.1, 0.15) is 0 Å². The third-order valence-corrected chi connectivity index (χ3v) is 3.03. The number of nitrogens with one attached hydrogen (secondary N) is 1. The van der Waals surface area contributed by atoms with Crippen LogP contribution in [-0.2, 0) is 4.79 Å². The Morgan fingerprint density at radius 2 is 2.14 bits per heavy atom. The Labute approximate surface area is 86.4 Å². The molecule has 1 unspecified atom stereocenters. The Bertz CT molecular complexity index is 176. The summed E-state index contributed by atoms with van der Waals surface area (Å²) in [7, 11) is 0. The molecule has 0 radical (unpaired) electrons. The lowest BCUT2D eigenvalue weighted by atomic mass is 10.0. The molecule has 0 spiro atoms. The number of carbonyl (C=O) groups excluding carboxylic acids is 1. The van der Waals surface area contributed by atoms with Gasteiger partial charge in [-0.05, 0) is 25.2 Å². The molecule has 1 aliphatic rings. The number of amides is 1. The standard InChI is InChI=1S/C11H22N2O/c1-2-10(12)8-13-11(14)7-9-5-3-4-6-9/h9-10H,2-8,12H2,1H3,(H,13,14). The molecule has 3 N–H and O–H groups in total. The Morgan fingerprint density at radius 1 is 1.50 bits per heavy atom. The van der Waals surface area contributed by atoms with Crippen LogP contribution in [0.3, 0.4) is 0 Å². The van der Waals surface area contributed by atoms with Crippen LogP contribution in [0.2, 0.25) is 0 Å². The van der Waals surface area contributed by atoms with Gasteiger partial charge >= 0.3 is 0 Å². The molecule has 0 aromatic carbocycles. The average molecular weight is 198 g/mol. The van der Waals surface area contributed by atoms with E-state index in [1.54, 1.807) is 0 Å². The first-order valence-corrected chi connectivity index (χ1v) is 5.74. The summed E-state index contributed by atoms with van der Waals surface area (Å²) in [6.07, 6.45) is 6.68. The van der Waals surface area contributed by atoms with Crippen LogP contribution in [0.15, 0.2) is 0 Å². The third kappa shape index (κ3) is 4.09. The number of hydrogen-bond donors (Lipinski definition) is 2. The Balaban J connectivity index is 2.09. The molecule has 82 valence electrons. The van der Waals surface area contributed by atoms with E-state index < -0.39 is 0 Å². The van der Waals surface area contributed by atoms with Crippen molar-refractivity contribution in [2.45, 2.75) is 51.5 Å². The number of carbonyl (C=O) groups is 1. The van der Waals surface area contributed by atoms with Crippen molar-refractivity contribution in [3.63, 3.8) is 0 Å². The quantitative estimate of drug-likeness (QED) is 0.702. The normalized spacial score (nSPS) is 19.6. The molecule has 1 amide bonds. The zero-order chi connectivity index (χ0) is 10.4. The maximum Gasteiger partial charge on any atom is 0.220 e. The first kappa shape index (κ1) is 11.5. The highest BCUT2D eigenvalue weighted by atomic mass is 16.1. The van der Waals surface area contributed by atoms with Crippen LogP contribution >= 0.6 is 0 Å². The van der Waals surface area contributed by atoms with E-state index >= 15 is 0 Å². The molecule has 1 rings (SSSR count). The van der Waals surface area contributed by atoms with E-state index in [1.165, 1.54) is 25.7 Å². The Morgan fingerprint density at radius 3 is 2.71 bits per heavy atom. The van der Waals surface area contributed by atoms with Gasteiger partial charge < -0.3 is 11.1 Å². The lowest BCUT2D eigenvalue weighted by molar-refractivity contribution is -0.122. The van der Waals surface area contributed by atoms with Crippen LogP contribution in [0.25, 0.3) is 0 Å². The van der Waals surface area contributed by atoms with Gasteiger partial charge in [-0.15, -0.1) is 0 Å². The van der Waals surface area contributed by atoms with Crippen molar-refractivity contribution in [2.24, 2.45) is 11.7 Å². The highest BCUT2D eigenvalue weighted by Crippen LogP contribution is 2.27. The maximum atomic E-state index is 11.5. The van der Waals surface area contributed by atoms with E-state index in [0.29, 0.717) is 18.9 Å². The summed E-state index contributed by atoms with van der Waals surface area (Å²) in [5.41, 5.74) is 5.71. The van der Waals surface area contributed by atoms with Crippen LogP contribution in [0.5, 0.6) is 0 Å². The molecule has 1 atom stereocenters. The van der Waals surface area contributed by atoms with E-state index in [4.69, 9.17) is 5.73 Å². The molecule has 14 heavy (non-hydrogen) atoms. The van der Waals surface area contributed by atoms with Gasteiger partial charge in [-0.3, -0.25) is 4.79 Å². The monoisotopic (exact) mass is 198 g/mol. The van der Waals surface area contributed by atoms with E-state index in [0.717, 1.165) is 6.42 Å². The average Bonchev–Trinajstić information content (AvgIpc) is 2.66. The molecule has 0 saturated heterocycles. The second kappa shape index (κ2) is 6.02. The molecule has 1 aliphatic carbocycles. The van der Waals surface area contributed by atoms with E-state index in [-0.39, 0.29) is 11.9 Å². The SMILES string of the molecule is CCC(N)CNC(=O)CC1CCCC1. The third-order valence-electron chi connectivity index (χ3n) is 3.03. The fourth-order valence-electron chi connectivity index (χ4n) is 1.94. The molecule has 1 saturated carbocycles. The van der Waals surface area contributed by atoms with Crippen LogP contribution in [0, 0.1) is 5.92 Å². The molecule has 3 nitrogen and oxygen atoms in total. The largest absolute Gasteiger partial charge is 0.355 e. The van der Waals surface area contributed by atoms with Gasteiger partial charge in [0, 0.05) is 19.0 Å². The summed E-state index contributed by atoms with van der Waals surface area (Å²) in [5, 5.41) is 2.90. The lowest BCUT2D eigenvalue weighted by Crippen LogP contribution is -2.37. The summed E-state index contributed by atoms with van der Waals surface area (Å²) in [6.45, 7) is 2.66. The van der Waals surface area contributed by atoms with E-state index in [1.807, 2.05) is 6.92 Å². The second-order valence-electron chi connectivity index (χ2n) is 4.33. The van der Waals surface area contributed by atoms with Crippen molar-refractivity contribution in [3.8, 4) is 0 Å². The molecule has 0 aromatic heterocycles. The van der Waals surface area contributed by atoms with Gasteiger partial charge in [0.25, 0.3) is 0 Å². The van der Waals surface area contributed by atoms with Gasteiger partial charge in [0.05, 0.1) is 0 Å². The van der Waals surface area contributed by atoms with Crippen molar-refractivity contribution in [2.75, 3.05) is 6.54 Å². The molecular weight excluding hydrogens is 176 g/mol. The number of nitrogens with two attached hydrogens (primary N) is 1. The van der Waals surface area contributed by atoms with Gasteiger partial charge in [-0.25, -0.2) is 0 Å². The molecule has 0 aromatic rings. The molecule has 1 fully saturated rings. The van der Waals surface area contributed by atoms with Gasteiger partial charge in [-0.1, -0.05) is 19.8 Å². The summed E-state index contributed by atoms with van der Waals surface area (Å²) < 4.78 is 0. The topological polar surface area (TPSA) is 55.1 Å². The molecular formula is C11H22N2O. The van der Waals surface area contributed by atoms with Crippen LogP contribution in [0.4, 0.5) is 0 Å². The zero-order valence-electron chi connectivity index (χ0n) is 9.09. The zero-order valence-corrected chi connectivity index (χ0v) is 9.09. The predicted molar refractivity (Wildman–Crippen MR) is 57.9 cm³/mol. The summed E-state index contributed by atoms with van der Waals surface area (Å²) in [5.74, 6) is 0.814. The molecule has 0 heterocycles. The highest BCUT2D eigenvalue weighted by Gasteiger charge is 2.18. The van der Waals surface area contributed by atoms with Crippen LogP contribution in [0.1, 0.15) is 45.4 Å². The molecule has 3 heteroatoms. The summed E-state index contributed by atoms with van der Waals surface area (Å²) in [4.78, 5) is 11.5. The predicted octanol–water partition coefficient (Wildman–Crippen LogP) is 1.42. The van der Waals surface area contributed by atoms with Crippen molar-refractivity contribution >= 4 is 5.91 Å². The number of rotatable bonds is 5. The minimum absolute atomic E-state index is 0.113. The maximum absolute atomic E-state index is 11.5. The van der Waals surface area contributed by atoms with Crippen molar-refractivity contribution in [1.82, 2.24) is 5.32 Å². The molecule has 0 bridgehead atoms. The van der Waals surface area contributed by atoms with Crippen molar-refractivity contribution in [1.29, 1.82) is 0 Å². The molecule has 0 aliphatic heterocycles. The fraction of sp³-hybridized carbons (Fsp3) is 0.909. The van der Waals surface area contributed by atoms with Crippen molar-refractivity contribution in [3.05, 3.63) is 0 Å². The number of hydrogen-bond acceptors (Lipinski definition) is 2. The van der Waals surface area contributed by atoms with Gasteiger partial charge in [0.15, 0.2) is 0 Å². The first-order chi connectivity index (χ1) is 6.72. The van der Waals surface area contributed by atoms with E-state index in [9.17, 15) is 4.79 Å². The Hall–Kier alpha value is -0.570. The van der Waals surface area contributed by atoms with E-state index in [2.05, 4.69) is 5.32 Å². The van der Waals surface area contributed by atoms with Crippen LogP contribution < -0.4 is 11.1 Å². The highest BCUT2D eigenvalue weighted by molar-refractivity contribution is 5.76. The second-order valence-corrected chi connectivity index (χ2v) is 4.33. The summed E-state index contributed by atoms with van der Waals surface area (Å²) in [6, 6.07) is 0.113. The van der Waals surface area contributed by atoms with Crippen LogP contribution in [-0.4, -0.2) is 18.5 Å². The van der Waals surface area contributed by atoms with Crippen molar-refractivity contribution < 1.29 is 4.79 Å². The minimum Gasteiger partial charge on any atom is -0.355 e. The first-order valence-electron chi connectivity index (χ1n) is 5.74. The Kier molecular flexibility index (Phi) is 4.94. The smallest absolute Gasteiger partial charge is 0.220 e. The fourth-order valence-corrected chi connectivity index (χ4v) is 1.94. The van der Waals surface area contributed by atoms with Gasteiger partial charge in [0.2, 0.25) is 5.91 Å². The minimum atomic E-state index is 0.113.